The molecule has 1 N–H and O–H groups in total. The number of hydrogen-bond donors (Lipinski definition) is 1. The Hall–Kier alpha value is -2.45. The Morgan fingerprint density at radius 3 is 2.67 bits per heavy atom. The van der Waals surface area contributed by atoms with Gasteiger partial charge in [0.15, 0.2) is 0 Å². The number of benzene rings is 1. The van der Waals surface area contributed by atoms with E-state index in [2.05, 4.69) is 15.2 Å². The van der Waals surface area contributed by atoms with Gasteiger partial charge < -0.3 is 10.2 Å². The second-order valence-electron chi connectivity index (χ2n) is 6.69. The summed E-state index contributed by atoms with van der Waals surface area (Å²) in [5, 5.41) is 3.29. The predicted molar refractivity (Wildman–Crippen MR) is 103 cm³/mol. The van der Waals surface area contributed by atoms with E-state index in [1.807, 2.05) is 7.05 Å². The van der Waals surface area contributed by atoms with Gasteiger partial charge in [0.05, 0.1) is 16.1 Å². The number of hydrogen-bond acceptors (Lipinski definition) is 5. The van der Waals surface area contributed by atoms with Gasteiger partial charge in [0.25, 0.3) is 10.0 Å². The van der Waals surface area contributed by atoms with Crippen molar-refractivity contribution in [3.8, 4) is 0 Å². The highest BCUT2D eigenvalue weighted by Crippen LogP contribution is 2.32. The Morgan fingerprint density at radius 1 is 1.19 bits per heavy atom. The molecule has 0 unspecified atom stereocenters. The molecule has 3 aromatic rings. The molecular formula is C19H21FN4O2S. The summed E-state index contributed by atoms with van der Waals surface area (Å²) in [6.45, 7) is 1.64. The van der Waals surface area contributed by atoms with Gasteiger partial charge >= 0.3 is 0 Å². The topological polar surface area (TPSA) is 67.2 Å². The van der Waals surface area contributed by atoms with E-state index in [0.29, 0.717) is 17.1 Å². The zero-order valence-corrected chi connectivity index (χ0v) is 15.8. The highest BCUT2D eigenvalue weighted by Gasteiger charge is 2.26. The molecule has 0 atom stereocenters. The van der Waals surface area contributed by atoms with Crippen LogP contribution >= 0.6 is 0 Å². The van der Waals surface area contributed by atoms with E-state index >= 15 is 0 Å². The van der Waals surface area contributed by atoms with Crippen LogP contribution in [0.3, 0.4) is 0 Å². The Morgan fingerprint density at radius 2 is 1.96 bits per heavy atom. The molecule has 142 valence electrons. The standard InChI is InChI=1S/C19H21FN4O2S/c1-21-15-7-10-23(11-8-15)18-13-24(17-6-3-9-22-19(17)18)27(25,26)16-5-2-4-14(20)12-16/h2-6,9,12-13,15,21H,7-8,10-11H2,1H3. The molecule has 0 aliphatic carbocycles. The molecule has 1 aliphatic heterocycles. The summed E-state index contributed by atoms with van der Waals surface area (Å²) in [5.41, 5.74) is 1.92. The Labute approximate surface area is 157 Å². The van der Waals surface area contributed by atoms with Crippen LogP contribution in [0.5, 0.6) is 0 Å². The van der Waals surface area contributed by atoms with Gasteiger partial charge in [-0.3, -0.25) is 4.98 Å². The van der Waals surface area contributed by atoms with Gasteiger partial charge in [-0.2, -0.15) is 0 Å². The normalized spacial score (nSPS) is 16.1. The molecule has 1 fully saturated rings. The first-order valence-electron chi connectivity index (χ1n) is 8.90. The number of nitrogens with one attached hydrogen (secondary N) is 1. The SMILES string of the molecule is CNC1CCN(c2cn(S(=O)(=O)c3cccc(F)c3)c3cccnc23)CC1. The highest BCUT2D eigenvalue weighted by molar-refractivity contribution is 7.90. The fourth-order valence-corrected chi connectivity index (χ4v) is 4.98. The van der Waals surface area contributed by atoms with E-state index < -0.39 is 15.8 Å². The van der Waals surface area contributed by atoms with E-state index in [1.165, 1.54) is 22.2 Å². The van der Waals surface area contributed by atoms with Gasteiger partial charge in [-0.1, -0.05) is 6.07 Å². The maximum absolute atomic E-state index is 13.6. The Kier molecular flexibility index (Phi) is 4.61. The van der Waals surface area contributed by atoms with Crippen molar-refractivity contribution >= 4 is 26.7 Å². The van der Waals surface area contributed by atoms with Crippen LogP contribution in [0.2, 0.25) is 0 Å². The molecule has 0 radical (unpaired) electrons. The first-order chi connectivity index (χ1) is 13.0. The van der Waals surface area contributed by atoms with Crippen molar-refractivity contribution in [2.45, 2.75) is 23.8 Å². The number of pyridine rings is 1. The summed E-state index contributed by atoms with van der Waals surface area (Å²) in [5.74, 6) is -0.583. The molecule has 0 spiro atoms. The number of piperidine rings is 1. The number of anilines is 1. The van der Waals surface area contributed by atoms with Crippen molar-refractivity contribution in [2.75, 3.05) is 25.0 Å². The van der Waals surface area contributed by atoms with Crippen molar-refractivity contribution in [1.29, 1.82) is 0 Å². The lowest BCUT2D eigenvalue weighted by molar-refractivity contribution is 0.443. The van der Waals surface area contributed by atoms with Crippen molar-refractivity contribution < 1.29 is 12.8 Å². The van der Waals surface area contributed by atoms with Crippen molar-refractivity contribution in [2.24, 2.45) is 0 Å². The third-order valence-corrected chi connectivity index (χ3v) is 6.77. The highest BCUT2D eigenvalue weighted by atomic mass is 32.2. The van der Waals surface area contributed by atoms with E-state index in [-0.39, 0.29) is 4.90 Å². The number of fused-ring (bicyclic) bond motifs is 1. The van der Waals surface area contributed by atoms with Crippen LogP contribution in [0.15, 0.2) is 53.7 Å². The average molecular weight is 388 g/mol. The fraction of sp³-hybridized carbons (Fsp3) is 0.316. The first-order valence-corrected chi connectivity index (χ1v) is 10.3. The lowest BCUT2D eigenvalue weighted by Gasteiger charge is -2.32. The largest absolute Gasteiger partial charge is 0.368 e. The molecule has 1 aromatic carbocycles. The van der Waals surface area contributed by atoms with Crippen molar-refractivity contribution in [3.05, 3.63) is 54.6 Å². The molecule has 3 heterocycles. The Balaban J connectivity index is 1.81. The lowest BCUT2D eigenvalue weighted by atomic mass is 10.1. The van der Waals surface area contributed by atoms with Crippen LogP contribution in [-0.4, -0.2) is 43.6 Å². The molecule has 0 saturated carbocycles. The molecule has 8 heteroatoms. The van der Waals surface area contributed by atoms with Crippen molar-refractivity contribution in [3.63, 3.8) is 0 Å². The third kappa shape index (κ3) is 3.19. The first kappa shape index (κ1) is 17.9. The molecule has 0 bridgehead atoms. The minimum atomic E-state index is -3.92. The van der Waals surface area contributed by atoms with Crippen molar-refractivity contribution in [1.82, 2.24) is 14.3 Å². The van der Waals surface area contributed by atoms with E-state index in [0.717, 1.165) is 37.7 Å². The Bertz CT molecular complexity index is 1070. The summed E-state index contributed by atoms with van der Waals surface area (Å²) < 4.78 is 41.1. The van der Waals surface area contributed by atoms with E-state index in [9.17, 15) is 12.8 Å². The quantitative estimate of drug-likeness (QED) is 0.744. The van der Waals surface area contributed by atoms with Crippen LogP contribution in [0.25, 0.3) is 11.0 Å². The third-order valence-electron chi connectivity index (χ3n) is 5.10. The monoisotopic (exact) mass is 388 g/mol. The van der Waals surface area contributed by atoms with Gasteiger partial charge in [0, 0.05) is 31.5 Å². The minimum absolute atomic E-state index is 0.0799. The second kappa shape index (κ2) is 6.94. The number of rotatable bonds is 4. The van der Waals surface area contributed by atoms with Gasteiger partial charge in [0.1, 0.15) is 11.3 Å². The molecular weight excluding hydrogens is 367 g/mol. The zero-order chi connectivity index (χ0) is 19.0. The summed E-state index contributed by atoms with van der Waals surface area (Å²) in [7, 11) is -1.97. The molecule has 4 rings (SSSR count). The van der Waals surface area contributed by atoms with Gasteiger partial charge in [-0.15, -0.1) is 0 Å². The maximum atomic E-state index is 13.6. The van der Waals surface area contributed by atoms with Crippen LogP contribution in [-0.2, 0) is 10.0 Å². The van der Waals surface area contributed by atoms with Crippen LogP contribution in [0.1, 0.15) is 12.8 Å². The summed E-state index contributed by atoms with van der Waals surface area (Å²) in [6, 6.07) is 8.97. The summed E-state index contributed by atoms with van der Waals surface area (Å²) in [4.78, 5) is 6.51. The lowest BCUT2D eigenvalue weighted by Crippen LogP contribution is -2.41. The van der Waals surface area contributed by atoms with Gasteiger partial charge in [-0.25, -0.2) is 16.8 Å². The molecule has 27 heavy (non-hydrogen) atoms. The van der Waals surface area contributed by atoms with Crippen LogP contribution < -0.4 is 10.2 Å². The van der Waals surface area contributed by atoms with Gasteiger partial charge in [0.2, 0.25) is 0 Å². The van der Waals surface area contributed by atoms with Crippen LogP contribution in [0, 0.1) is 5.82 Å². The van der Waals surface area contributed by atoms with E-state index in [4.69, 9.17) is 0 Å². The molecule has 1 saturated heterocycles. The molecule has 0 amide bonds. The van der Waals surface area contributed by atoms with Crippen LogP contribution in [0.4, 0.5) is 10.1 Å². The predicted octanol–water partition coefficient (Wildman–Crippen LogP) is 2.60. The molecule has 1 aliphatic rings. The zero-order valence-electron chi connectivity index (χ0n) is 15.0. The molecule has 2 aromatic heterocycles. The smallest absolute Gasteiger partial charge is 0.268 e. The summed E-state index contributed by atoms with van der Waals surface area (Å²) in [6.07, 6.45) is 5.22. The minimum Gasteiger partial charge on any atom is -0.368 e. The number of nitrogens with zero attached hydrogens (tertiary/aromatic N) is 3. The second-order valence-corrected chi connectivity index (χ2v) is 8.51. The maximum Gasteiger partial charge on any atom is 0.268 e. The average Bonchev–Trinajstić information content (AvgIpc) is 3.08. The van der Waals surface area contributed by atoms with Gasteiger partial charge in [-0.05, 0) is 50.2 Å². The fourth-order valence-electron chi connectivity index (χ4n) is 3.59. The van der Waals surface area contributed by atoms with E-state index in [1.54, 1.807) is 24.5 Å². The summed E-state index contributed by atoms with van der Waals surface area (Å²) >= 11 is 0. The number of aromatic nitrogens is 2. The molecule has 6 nitrogen and oxygen atoms in total. The number of halogens is 1.